The third kappa shape index (κ3) is 68.0. The molecule has 0 bridgehead atoms. The maximum Gasteiger partial charge on any atom is 0.268 e. The summed E-state index contributed by atoms with van der Waals surface area (Å²) in [6.07, 6.45) is 89.8. The average Bonchev–Trinajstić information content (AvgIpc) is 3.56. The Kier molecular flexibility index (Phi) is 64.7. The Balaban J connectivity index is 4.02. The zero-order valence-electron chi connectivity index (χ0n) is 56.9. The Labute approximate surface area is 524 Å². The van der Waals surface area contributed by atoms with Gasteiger partial charge in [-0.15, -0.1) is 0 Å². The van der Waals surface area contributed by atoms with Crippen LogP contribution >= 0.6 is 7.82 Å². The number of nitrogens with one attached hydrogen (secondary N) is 1. The van der Waals surface area contributed by atoms with Crippen molar-refractivity contribution in [3.05, 3.63) is 48.6 Å². The van der Waals surface area contributed by atoms with E-state index in [0.717, 1.165) is 44.9 Å². The van der Waals surface area contributed by atoms with Crippen LogP contribution in [0, 0.1) is 0 Å². The molecule has 0 fully saturated rings. The summed E-state index contributed by atoms with van der Waals surface area (Å²) in [5.41, 5.74) is 0. The summed E-state index contributed by atoms with van der Waals surface area (Å²) < 4.78 is 23.4. The molecule has 0 spiro atoms. The molecule has 0 heterocycles. The first-order valence-electron chi connectivity index (χ1n) is 37.0. The topological polar surface area (TPSA) is 108 Å². The van der Waals surface area contributed by atoms with Crippen molar-refractivity contribution >= 4 is 13.7 Å². The van der Waals surface area contributed by atoms with Crippen LogP contribution in [0.4, 0.5) is 0 Å². The molecule has 0 aromatic rings. The molecule has 3 atom stereocenters. The molecule has 0 saturated heterocycles. The molecule has 0 aliphatic carbocycles. The monoisotopic (exact) mass is 1200 g/mol. The first kappa shape index (κ1) is 82.5. The van der Waals surface area contributed by atoms with Gasteiger partial charge in [-0.1, -0.05) is 345 Å². The summed E-state index contributed by atoms with van der Waals surface area (Å²) in [7, 11) is 1.25. The van der Waals surface area contributed by atoms with E-state index in [9.17, 15) is 19.4 Å². The van der Waals surface area contributed by atoms with E-state index in [4.69, 9.17) is 9.05 Å². The highest BCUT2D eigenvalue weighted by Gasteiger charge is 2.23. The maximum absolute atomic E-state index is 13.0. The summed E-state index contributed by atoms with van der Waals surface area (Å²) in [6.45, 7) is 4.68. The highest BCUT2D eigenvalue weighted by Crippen LogP contribution is 2.38. The van der Waals surface area contributed by atoms with Crippen LogP contribution < -0.4 is 10.2 Å². The van der Waals surface area contributed by atoms with Crippen molar-refractivity contribution in [2.75, 3.05) is 40.9 Å². The van der Waals surface area contributed by atoms with E-state index in [-0.39, 0.29) is 12.5 Å². The number of aliphatic hydroxyl groups is 1. The smallest absolute Gasteiger partial charge is 0.268 e. The minimum Gasteiger partial charge on any atom is -0.756 e. The molecule has 0 radical (unpaired) electrons. The number of rotatable bonds is 69. The number of carbonyl (C=O) groups is 1. The largest absolute Gasteiger partial charge is 0.756 e. The van der Waals surface area contributed by atoms with Gasteiger partial charge in [-0.25, -0.2) is 0 Å². The Morgan fingerprint density at radius 2 is 0.667 bits per heavy atom. The highest BCUT2D eigenvalue weighted by atomic mass is 31.2. The number of hydrogen-bond donors (Lipinski definition) is 2. The van der Waals surface area contributed by atoms with Crippen molar-refractivity contribution in [1.82, 2.24) is 5.32 Å². The first-order chi connectivity index (χ1) is 41.0. The number of quaternary nitrogens is 1. The second-order valence-electron chi connectivity index (χ2n) is 26.6. The summed E-state index contributed by atoms with van der Waals surface area (Å²) in [5, 5.41) is 13.9. The van der Waals surface area contributed by atoms with Gasteiger partial charge in [0.05, 0.1) is 39.9 Å². The third-order valence-corrected chi connectivity index (χ3v) is 18.0. The van der Waals surface area contributed by atoms with Crippen LogP contribution in [-0.4, -0.2) is 68.5 Å². The molecule has 496 valence electrons. The fourth-order valence-electron chi connectivity index (χ4n) is 11.2. The Morgan fingerprint density at radius 1 is 0.405 bits per heavy atom. The second kappa shape index (κ2) is 65.9. The number of likely N-dealkylation sites (N-methyl/N-ethyl adjacent to an activating group) is 1. The number of phosphoric ester groups is 1. The van der Waals surface area contributed by atoms with Gasteiger partial charge in [0.1, 0.15) is 13.2 Å². The third-order valence-electron chi connectivity index (χ3n) is 17.0. The summed E-state index contributed by atoms with van der Waals surface area (Å²) in [4.78, 5) is 25.6. The molecule has 2 N–H and O–H groups in total. The van der Waals surface area contributed by atoms with Gasteiger partial charge < -0.3 is 28.8 Å². The predicted octanol–water partition coefficient (Wildman–Crippen LogP) is 23.2. The van der Waals surface area contributed by atoms with Crippen LogP contribution in [0.2, 0.25) is 0 Å². The predicted molar refractivity (Wildman–Crippen MR) is 367 cm³/mol. The van der Waals surface area contributed by atoms with Crippen LogP contribution in [0.25, 0.3) is 0 Å². The molecular weight excluding hydrogens is 1060 g/mol. The van der Waals surface area contributed by atoms with Gasteiger partial charge in [0, 0.05) is 6.42 Å². The van der Waals surface area contributed by atoms with Gasteiger partial charge in [0.15, 0.2) is 0 Å². The van der Waals surface area contributed by atoms with Crippen molar-refractivity contribution in [2.24, 2.45) is 0 Å². The number of phosphoric acid groups is 1. The van der Waals surface area contributed by atoms with Crippen molar-refractivity contribution in [3.63, 3.8) is 0 Å². The van der Waals surface area contributed by atoms with Crippen LogP contribution in [0.1, 0.15) is 373 Å². The molecule has 0 aromatic heterocycles. The van der Waals surface area contributed by atoms with E-state index in [2.05, 4.69) is 55.6 Å². The molecule has 84 heavy (non-hydrogen) atoms. The van der Waals surface area contributed by atoms with Crippen LogP contribution in [0.3, 0.4) is 0 Å². The Hall–Kier alpha value is -1.54. The van der Waals surface area contributed by atoms with Gasteiger partial charge >= 0.3 is 0 Å². The van der Waals surface area contributed by atoms with E-state index in [1.807, 2.05) is 27.2 Å². The molecule has 0 aliphatic rings. The molecule has 0 aliphatic heterocycles. The van der Waals surface area contributed by atoms with Crippen molar-refractivity contribution in [2.45, 2.75) is 386 Å². The molecule has 8 nitrogen and oxygen atoms in total. The van der Waals surface area contributed by atoms with E-state index < -0.39 is 26.6 Å². The number of hydrogen-bond acceptors (Lipinski definition) is 6. The fraction of sp³-hybridized carbons (Fsp3) is 0.880. The first-order valence-corrected chi connectivity index (χ1v) is 38.5. The van der Waals surface area contributed by atoms with Crippen LogP contribution in [0.15, 0.2) is 48.6 Å². The van der Waals surface area contributed by atoms with Crippen molar-refractivity contribution in [1.29, 1.82) is 0 Å². The molecular formula is C75H145N2O6P. The lowest BCUT2D eigenvalue weighted by Crippen LogP contribution is -2.45. The van der Waals surface area contributed by atoms with Crippen molar-refractivity contribution < 1.29 is 32.9 Å². The van der Waals surface area contributed by atoms with E-state index >= 15 is 0 Å². The molecule has 0 saturated carbocycles. The fourth-order valence-corrected chi connectivity index (χ4v) is 12.0. The second-order valence-corrected chi connectivity index (χ2v) is 28.0. The van der Waals surface area contributed by atoms with E-state index in [1.165, 1.54) is 308 Å². The number of nitrogens with zero attached hydrogens (tertiary/aromatic N) is 1. The van der Waals surface area contributed by atoms with Gasteiger partial charge in [0.25, 0.3) is 7.82 Å². The quantitative estimate of drug-likeness (QED) is 0.0272. The standard InChI is InChI=1S/C75H145N2O6P/c1-6-8-10-12-14-16-18-20-22-24-26-28-30-32-33-34-35-36-37-38-39-40-41-42-43-45-47-49-51-53-55-57-59-61-63-65-67-69-75(79)76-73(72-83-84(80,81)82-71-70-77(3,4)5)74(78)68-66-64-62-60-58-56-54-52-50-48-46-44-31-29-27-25-23-21-19-17-15-13-11-9-7-2/h36-37,50,52,58,60,66,68,73-74,78H,6-35,38-49,51,53-57,59,61-65,67,69-72H2,1-5H3,(H-,76,79,80,81)/b37-36-,52-50+,60-58+,68-66+. The number of unbranched alkanes of at least 4 members (excludes halogenated alkanes) is 50. The lowest BCUT2D eigenvalue weighted by Gasteiger charge is -2.29. The normalized spacial score (nSPS) is 13.8. The molecule has 1 amide bonds. The molecule has 3 unspecified atom stereocenters. The number of allylic oxidation sites excluding steroid dienone is 7. The van der Waals surface area contributed by atoms with Gasteiger partial charge in [-0.2, -0.15) is 0 Å². The van der Waals surface area contributed by atoms with Crippen LogP contribution in [-0.2, 0) is 18.4 Å². The number of amides is 1. The van der Waals surface area contributed by atoms with Crippen LogP contribution in [0.5, 0.6) is 0 Å². The zero-order valence-corrected chi connectivity index (χ0v) is 57.8. The minimum absolute atomic E-state index is 0.00828. The highest BCUT2D eigenvalue weighted by molar-refractivity contribution is 7.45. The molecule has 9 heteroatoms. The molecule has 0 aromatic carbocycles. The Bertz CT molecular complexity index is 1510. The van der Waals surface area contributed by atoms with Gasteiger partial charge in [-0.05, 0) is 70.6 Å². The minimum atomic E-state index is -4.62. The average molecular weight is 1200 g/mol. The van der Waals surface area contributed by atoms with Gasteiger partial charge in [-0.3, -0.25) is 9.36 Å². The summed E-state index contributed by atoms with van der Waals surface area (Å²) in [5.74, 6) is -0.205. The number of aliphatic hydroxyl groups excluding tert-OH is 1. The SMILES string of the molecule is CCCCCCCCCCCCCCCCC/C=C/CC/C=C/CC/C=C/C(O)C(COP(=O)([O-])OCC[N+](C)(C)C)NC(=O)CCCCCCCCCCCCCCCCCCC/C=C\CCCCCCCCCCCCCCCCCC. The van der Waals surface area contributed by atoms with Crippen molar-refractivity contribution in [3.8, 4) is 0 Å². The van der Waals surface area contributed by atoms with Gasteiger partial charge in [0.2, 0.25) is 5.91 Å². The molecule has 0 rings (SSSR count). The zero-order chi connectivity index (χ0) is 61.2. The lowest BCUT2D eigenvalue weighted by atomic mass is 10.0. The van der Waals surface area contributed by atoms with E-state index in [1.54, 1.807) is 6.08 Å². The lowest BCUT2D eigenvalue weighted by molar-refractivity contribution is -0.870. The summed E-state index contributed by atoms with van der Waals surface area (Å²) in [6, 6.07) is -0.911. The Morgan fingerprint density at radius 3 is 0.964 bits per heavy atom. The maximum atomic E-state index is 13.0. The van der Waals surface area contributed by atoms with E-state index in [0.29, 0.717) is 17.4 Å². The number of carbonyl (C=O) groups excluding carboxylic acids is 1. The summed E-state index contributed by atoms with van der Waals surface area (Å²) >= 11 is 0.